The van der Waals surface area contributed by atoms with Gasteiger partial charge in [-0.05, 0) is 24.3 Å². The molecule has 106 valence electrons. The average Bonchev–Trinajstić information content (AvgIpc) is 2.92. The van der Waals surface area contributed by atoms with Crippen LogP contribution in [-0.2, 0) is 16.4 Å². The Bertz CT molecular complexity index is 677. The van der Waals surface area contributed by atoms with Crippen LogP contribution in [0.1, 0.15) is 16.1 Å². The third kappa shape index (κ3) is 3.43. The Labute approximate surface area is 115 Å². The molecule has 0 spiro atoms. The van der Waals surface area contributed by atoms with E-state index in [1.807, 2.05) is 0 Å². The first kappa shape index (κ1) is 14.2. The smallest absolute Gasteiger partial charge is 0.337 e. The van der Waals surface area contributed by atoms with E-state index < -0.39 is 16.0 Å². The highest BCUT2D eigenvalue weighted by Crippen LogP contribution is 2.07. The zero-order valence-electron chi connectivity index (χ0n) is 10.3. The van der Waals surface area contributed by atoms with Gasteiger partial charge in [0.15, 0.2) is 5.03 Å². The Morgan fingerprint density at radius 3 is 2.70 bits per heavy atom. The van der Waals surface area contributed by atoms with Gasteiger partial charge in [-0.1, -0.05) is 0 Å². The van der Waals surface area contributed by atoms with E-state index in [1.54, 1.807) is 12.1 Å². The van der Waals surface area contributed by atoms with E-state index in [-0.39, 0.29) is 17.1 Å². The Kier molecular flexibility index (Phi) is 4.16. The van der Waals surface area contributed by atoms with Gasteiger partial charge in [0.2, 0.25) is 0 Å². The van der Waals surface area contributed by atoms with Gasteiger partial charge in [-0.25, -0.2) is 22.9 Å². The van der Waals surface area contributed by atoms with E-state index in [1.165, 1.54) is 12.3 Å². The number of carboxylic acids is 1. The van der Waals surface area contributed by atoms with Crippen LogP contribution in [0.15, 0.2) is 46.2 Å². The highest BCUT2D eigenvalue weighted by Gasteiger charge is 2.16. The molecular weight excluding hydrogens is 284 g/mol. The maximum atomic E-state index is 11.9. The van der Waals surface area contributed by atoms with E-state index in [4.69, 9.17) is 9.52 Å². The zero-order chi connectivity index (χ0) is 14.6. The van der Waals surface area contributed by atoms with Crippen LogP contribution < -0.4 is 4.72 Å². The third-order valence-electron chi connectivity index (χ3n) is 2.50. The number of nitrogens with one attached hydrogen (secondary N) is 1. The predicted octanol–water partition coefficient (Wildman–Crippen LogP) is 0.894. The molecular formula is C12H12N2O5S. The molecule has 20 heavy (non-hydrogen) atoms. The number of furan rings is 1. The summed E-state index contributed by atoms with van der Waals surface area (Å²) in [5.74, 6) is -0.492. The van der Waals surface area contributed by atoms with Crippen molar-refractivity contribution >= 4 is 16.0 Å². The number of sulfonamides is 1. The molecule has 8 heteroatoms. The summed E-state index contributed by atoms with van der Waals surface area (Å²) >= 11 is 0. The summed E-state index contributed by atoms with van der Waals surface area (Å²) in [6, 6.07) is 5.80. The number of aromatic carboxylic acids is 1. The van der Waals surface area contributed by atoms with Crippen molar-refractivity contribution < 1.29 is 22.7 Å². The Morgan fingerprint density at radius 1 is 1.35 bits per heavy atom. The van der Waals surface area contributed by atoms with E-state index >= 15 is 0 Å². The summed E-state index contributed by atoms with van der Waals surface area (Å²) in [5.41, 5.74) is -0.0699. The lowest BCUT2D eigenvalue weighted by molar-refractivity contribution is 0.0696. The van der Waals surface area contributed by atoms with Crippen molar-refractivity contribution in [3.63, 3.8) is 0 Å². The number of carbonyl (C=O) groups is 1. The Balaban J connectivity index is 2.00. The fourth-order valence-corrected chi connectivity index (χ4v) is 2.46. The van der Waals surface area contributed by atoms with Crippen molar-refractivity contribution in [3.8, 4) is 0 Å². The molecule has 0 saturated heterocycles. The minimum Gasteiger partial charge on any atom is -0.478 e. The second-order valence-corrected chi connectivity index (χ2v) is 5.63. The molecule has 0 saturated carbocycles. The number of hydrogen-bond donors (Lipinski definition) is 2. The SMILES string of the molecule is O=C(O)c1ccc(S(=O)(=O)NCCc2ccco2)nc1. The van der Waals surface area contributed by atoms with Crippen molar-refractivity contribution in [1.29, 1.82) is 0 Å². The first-order valence-corrected chi connectivity index (χ1v) is 7.19. The maximum Gasteiger partial charge on any atom is 0.337 e. The summed E-state index contributed by atoms with van der Waals surface area (Å²) in [5, 5.41) is 8.49. The molecule has 0 aromatic carbocycles. The van der Waals surface area contributed by atoms with Gasteiger partial charge >= 0.3 is 5.97 Å². The van der Waals surface area contributed by atoms with Crippen LogP contribution in [0.5, 0.6) is 0 Å². The normalized spacial score (nSPS) is 11.4. The lowest BCUT2D eigenvalue weighted by Crippen LogP contribution is -2.26. The fourth-order valence-electron chi connectivity index (χ4n) is 1.50. The highest BCUT2D eigenvalue weighted by atomic mass is 32.2. The molecule has 0 radical (unpaired) electrons. The molecule has 2 N–H and O–H groups in total. The highest BCUT2D eigenvalue weighted by molar-refractivity contribution is 7.89. The number of hydrogen-bond acceptors (Lipinski definition) is 5. The summed E-state index contributed by atoms with van der Waals surface area (Å²) in [6.07, 6.45) is 2.93. The van der Waals surface area contributed by atoms with Crippen LogP contribution in [0.2, 0.25) is 0 Å². The summed E-state index contributed by atoms with van der Waals surface area (Å²) < 4.78 is 31.2. The second kappa shape index (κ2) is 5.85. The Hall–Kier alpha value is -2.19. The van der Waals surface area contributed by atoms with Gasteiger partial charge in [0.25, 0.3) is 10.0 Å². The first-order chi connectivity index (χ1) is 9.49. The minimum absolute atomic E-state index is 0.0699. The molecule has 0 aliphatic carbocycles. The Morgan fingerprint density at radius 2 is 2.15 bits per heavy atom. The van der Waals surface area contributed by atoms with Crippen molar-refractivity contribution in [2.45, 2.75) is 11.4 Å². The standard InChI is InChI=1S/C12H12N2O5S/c15-12(16)9-3-4-11(13-8-9)20(17,18)14-6-5-10-2-1-7-19-10/h1-4,7-8,14H,5-6H2,(H,15,16). The molecule has 0 fully saturated rings. The van der Waals surface area contributed by atoms with Crippen LogP contribution in [0.25, 0.3) is 0 Å². The van der Waals surface area contributed by atoms with Crippen LogP contribution in [0, 0.1) is 0 Å². The zero-order valence-corrected chi connectivity index (χ0v) is 11.1. The first-order valence-electron chi connectivity index (χ1n) is 5.70. The lowest BCUT2D eigenvalue weighted by Gasteiger charge is -2.05. The fraction of sp³-hybridized carbons (Fsp3) is 0.167. The largest absolute Gasteiger partial charge is 0.478 e. The van der Waals surface area contributed by atoms with Crippen molar-refractivity contribution in [2.75, 3.05) is 6.54 Å². The molecule has 0 aliphatic heterocycles. The van der Waals surface area contributed by atoms with Crippen molar-refractivity contribution in [1.82, 2.24) is 9.71 Å². The van der Waals surface area contributed by atoms with Crippen molar-refractivity contribution in [2.24, 2.45) is 0 Å². The van der Waals surface area contributed by atoms with E-state index in [0.717, 1.165) is 12.3 Å². The molecule has 2 aromatic heterocycles. The van der Waals surface area contributed by atoms with E-state index in [0.29, 0.717) is 12.2 Å². The maximum absolute atomic E-state index is 11.9. The predicted molar refractivity (Wildman–Crippen MR) is 68.8 cm³/mol. The summed E-state index contributed by atoms with van der Waals surface area (Å²) in [6.45, 7) is 0.165. The molecule has 2 aromatic rings. The quantitative estimate of drug-likeness (QED) is 0.819. The number of pyridine rings is 1. The number of rotatable bonds is 6. The third-order valence-corrected chi connectivity index (χ3v) is 3.88. The monoisotopic (exact) mass is 296 g/mol. The van der Waals surface area contributed by atoms with Crippen LogP contribution >= 0.6 is 0 Å². The van der Waals surface area contributed by atoms with Crippen LogP contribution in [-0.4, -0.2) is 31.0 Å². The molecule has 0 unspecified atom stereocenters. The average molecular weight is 296 g/mol. The van der Waals surface area contributed by atoms with Crippen LogP contribution in [0.4, 0.5) is 0 Å². The van der Waals surface area contributed by atoms with Gasteiger partial charge < -0.3 is 9.52 Å². The summed E-state index contributed by atoms with van der Waals surface area (Å²) in [4.78, 5) is 14.3. The van der Waals surface area contributed by atoms with E-state index in [2.05, 4.69) is 9.71 Å². The molecule has 0 bridgehead atoms. The molecule has 2 rings (SSSR count). The molecule has 7 nitrogen and oxygen atoms in total. The van der Waals surface area contributed by atoms with Crippen molar-refractivity contribution in [3.05, 3.63) is 48.0 Å². The number of carboxylic acid groups (broad SMARTS) is 1. The molecule has 0 atom stereocenters. The number of aromatic nitrogens is 1. The van der Waals surface area contributed by atoms with Gasteiger partial charge in [0, 0.05) is 19.2 Å². The van der Waals surface area contributed by atoms with Gasteiger partial charge in [-0.15, -0.1) is 0 Å². The molecule has 2 heterocycles. The number of nitrogens with zero attached hydrogens (tertiary/aromatic N) is 1. The van der Waals surface area contributed by atoms with Gasteiger partial charge in [0.05, 0.1) is 11.8 Å². The van der Waals surface area contributed by atoms with Crippen LogP contribution in [0.3, 0.4) is 0 Å². The minimum atomic E-state index is -3.75. The van der Waals surface area contributed by atoms with Gasteiger partial charge in [0.1, 0.15) is 5.76 Å². The van der Waals surface area contributed by atoms with Gasteiger partial charge in [-0.2, -0.15) is 0 Å². The molecule has 0 amide bonds. The topological polar surface area (TPSA) is 110 Å². The van der Waals surface area contributed by atoms with E-state index in [9.17, 15) is 13.2 Å². The van der Waals surface area contributed by atoms with Gasteiger partial charge in [-0.3, -0.25) is 0 Å². The molecule has 0 aliphatic rings. The second-order valence-electron chi connectivity index (χ2n) is 3.92. The summed E-state index contributed by atoms with van der Waals surface area (Å²) in [7, 11) is -3.75. The lowest BCUT2D eigenvalue weighted by atomic mass is 10.3.